The smallest absolute Gasteiger partial charge is 0.243 e. The molecule has 3 aromatic rings. The predicted octanol–water partition coefficient (Wildman–Crippen LogP) is 7.09. The SMILES string of the molecule is CC[C@H](C)NC(=O)[C@@H](Cc1ccccc1)N(Cc1ccccc1C)C(=O)CSCc1ccc(Cl)c(Cl)c1. The van der Waals surface area contributed by atoms with Gasteiger partial charge in [-0.2, -0.15) is 0 Å². The monoisotopic (exact) mass is 556 g/mol. The van der Waals surface area contributed by atoms with Gasteiger partial charge in [0.15, 0.2) is 0 Å². The Morgan fingerprint density at radius 3 is 2.32 bits per heavy atom. The van der Waals surface area contributed by atoms with Gasteiger partial charge in [0.25, 0.3) is 0 Å². The standard InChI is InChI=1S/C30H34Cl2N2O2S/c1-4-22(3)33-30(36)28(17-23-11-6-5-7-12-23)34(18-25-13-9-8-10-21(25)2)29(35)20-37-19-24-14-15-26(31)27(32)16-24/h5-16,22,28H,4,17-20H2,1-3H3,(H,33,36)/t22-,28+/m0/s1. The first-order valence-corrected chi connectivity index (χ1v) is 14.4. The zero-order chi connectivity index (χ0) is 26.8. The van der Waals surface area contributed by atoms with Crippen LogP contribution in [-0.2, 0) is 28.3 Å². The third kappa shape index (κ3) is 8.80. The molecule has 0 aromatic heterocycles. The van der Waals surface area contributed by atoms with Crippen LogP contribution in [-0.4, -0.2) is 34.6 Å². The second kappa shape index (κ2) is 14.5. The van der Waals surface area contributed by atoms with E-state index in [0.717, 1.165) is 28.7 Å². The molecule has 2 amide bonds. The van der Waals surface area contributed by atoms with Gasteiger partial charge in [0, 0.05) is 24.8 Å². The Labute approximate surface area is 234 Å². The first-order valence-electron chi connectivity index (χ1n) is 12.5. The Morgan fingerprint density at radius 1 is 0.946 bits per heavy atom. The van der Waals surface area contributed by atoms with Crippen LogP contribution in [0.5, 0.6) is 0 Å². The van der Waals surface area contributed by atoms with Crippen molar-refractivity contribution in [2.24, 2.45) is 0 Å². The lowest BCUT2D eigenvalue weighted by atomic mass is 10.0. The summed E-state index contributed by atoms with van der Waals surface area (Å²) in [6, 6.07) is 22.8. The molecule has 0 unspecified atom stereocenters. The first-order chi connectivity index (χ1) is 17.8. The van der Waals surface area contributed by atoms with Crippen LogP contribution < -0.4 is 5.32 Å². The number of hydrogen-bond donors (Lipinski definition) is 1. The Morgan fingerprint density at radius 2 is 1.65 bits per heavy atom. The van der Waals surface area contributed by atoms with Crippen molar-refractivity contribution in [2.75, 3.05) is 5.75 Å². The number of carbonyl (C=O) groups is 2. The molecule has 4 nitrogen and oxygen atoms in total. The number of halogens is 2. The predicted molar refractivity (Wildman–Crippen MR) is 156 cm³/mol. The normalized spacial score (nSPS) is 12.6. The lowest BCUT2D eigenvalue weighted by molar-refractivity contribution is -0.139. The fourth-order valence-electron chi connectivity index (χ4n) is 3.93. The van der Waals surface area contributed by atoms with Crippen molar-refractivity contribution in [3.8, 4) is 0 Å². The summed E-state index contributed by atoms with van der Waals surface area (Å²) in [5.41, 5.74) is 4.12. The highest BCUT2D eigenvalue weighted by molar-refractivity contribution is 7.99. The number of nitrogens with zero attached hydrogens (tertiary/aromatic N) is 1. The summed E-state index contributed by atoms with van der Waals surface area (Å²) in [7, 11) is 0. The van der Waals surface area contributed by atoms with Crippen LogP contribution in [0, 0.1) is 6.92 Å². The van der Waals surface area contributed by atoms with Crippen LogP contribution in [0.15, 0.2) is 72.8 Å². The molecule has 0 aliphatic carbocycles. The molecular formula is C30H34Cl2N2O2S. The van der Waals surface area contributed by atoms with E-state index in [2.05, 4.69) is 5.32 Å². The van der Waals surface area contributed by atoms with E-state index in [-0.39, 0.29) is 23.6 Å². The summed E-state index contributed by atoms with van der Waals surface area (Å²) in [6.45, 7) is 6.41. The number of hydrogen-bond acceptors (Lipinski definition) is 3. The van der Waals surface area contributed by atoms with Gasteiger partial charge in [-0.25, -0.2) is 0 Å². The van der Waals surface area contributed by atoms with Crippen LogP contribution in [0.25, 0.3) is 0 Å². The number of rotatable bonds is 12. The van der Waals surface area contributed by atoms with Crippen molar-refractivity contribution in [3.05, 3.63) is 105 Å². The average Bonchev–Trinajstić information content (AvgIpc) is 2.89. The van der Waals surface area contributed by atoms with Gasteiger partial charge < -0.3 is 10.2 Å². The van der Waals surface area contributed by atoms with E-state index in [9.17, 15) is 9.59 Å². The maximum Gasteiger partial charge on any atom is 0.243 e. The molecule has 0 radical (unpaired) electrons. The minimum absolute atomic E-state index is 0.0187. The summed E-state index contributed by atoms with van der Waals surface area (Å²) in [5.74, 6) is 0.653. The van der Waals surface area contributed by atoms with E-state index in [1.54, 1.807) is 11.0 Å². The number of carbonyl (C=O) groups excluding carboxylic acids is 2. The fourth-order valence-corrected chi connectivity index (χ4v) is 5.11. The van der Waals surface area contributed by atoms with Crippen molar-refractivity contribution >= 4 is 46.8 Å². The highest BCUT2D eigenvalue weighted by Crippen LogP contribution is 2.25. The van der Waals surface area contributed by atoms with Gasteiger partial charge in [-0.15, -0.1) is 11.8 Å². The zero-order valence-electron chi connectivity index (χ0n) is 21.5. The van der Waals surface area contributed by atoms with Crippen LogP contribution in [0.4, 0.5) is 0 Å². The minimum atomic E-state index is -0.630. The molecule has 0 bridgehead atoms. The van der Waals surface area contributed by atoms with Gasteiger partial charge in [-0.05, 0) is 54.7 Å². The first kappa shape index (κ1) is 29.1. The largest absolute Gasteiger partial charge is 0.352 e. The van der Waals surface area contributed by atoms with Gasteiger partial charge in [-0.1, -0.05) is 90.8 Å². The van der Waals surface area contributed by atoms with Gasteiger partial charge in [0.05, 0.1) is 15.8 Å². The van der Waals surface area contributed by atoms with Crippen molar-refractivity contribution in [1.82, 2.24) is 10.2 Å². The number of amides is 2. The Bertz CT molecular complexity index is 1190. The third-order valence-corrected chi connectivity index (χ3v) is 8.08. The quantitative estimate of drug-likeness (QED) is 0.259. The van der Waals surface area contributed by atoms with E-state index in [0.29, 0.717) is 28.8 Å². The molecule has 0 fully saturated rings. The van der Waals surface area contributed by atoms with Gasteiger partial charge in [0.1, 0.15) is 6.04 Å². The average molecular weight is 558 g/mol. The summed E-state index contributed by atoms with van der Waals surface area (Å²) in [5, 5.41) is 4.12. The molecular weight excluding hydrogens is 523 g/mol. The van der Waals surface area contributed by atoms with Gasteiger partial charge >= 0.3 is 0 Å². The van der Waals surface area contributed by atoms with Crippen molar-refractivity contribution in [3.63, 3.8) is 0 Å². The van der Waals surface area contributed by atoms with Gasteiger partial charge in [-0.3, -0.25) is 9.59 Å². The van der Waals surface area contributed by atoms with Crippen LogP contribution in [0.2, 0.25) is 10.0 Å². The molecule has 0 heterocycles. The lowest BCUT2D eigenvalue weighted by Crippen LogP contribution is -2.52. The number of nitrogens with one attached hydrogen (secondary N) is 1. The third-order valence-electron chi connectivity index (χ3n) is 6.35. The molecule has 0 spiro atoms. The highest BCUT2D eigenvalue weighted by Gasteiger charge is 2.31. The molecule has 0 aliphatic rings. The van der Waals surface area contributed by atoms with Crippen molar-refractivity contribution in [1.29, 1.82) is 0 Å². The summed E-state index contributed by atoms with van der Waals surface area (Å²) >= 11 is 13.7. The highest BCUT2D eigenvalue weighted by atomic mass is 35.5. The Balaban J connectivity index is 1.86. The maximum absolute atomic E-state index is 13.7. The van der Waals surface area contributed by atoms with Crippen LogP contribution in [0.1, 0.15) is 42.5 Å². The molecule has 0 saturated carbocycles. The fraction of sp³-hybridized carbons (Fsp3) is 0.333. The number of benzene rings is 3. The summed E-state index contributed by atoms with van der Waals surface area (Å²) in [6.07, 6.45) is 1.26. The molecule has 3 rings (SSSR count). The second-order valence-electron chi connectivity index (χ2n) is 9.21. The maximum atomic E-state index is 13.7. The topological polar surface area (TPSA) is 49.4 Å². The Hall–Kier alpha value is -2.47. The van der Waals surface area contributed by atoms with E-state index < -0.39 is 6.04 Å². The van der Waals surface area contributed by atoms with Crippen molar-refractivity contribution in [2.45, 2.75) is 58.0 Å². The van der Waals surface area contributed by atoms with Gasteiger partial charge in [0.2, 0.25) is 11.8 Å². The van der Waals surface area contributed by atoms with E-state index in [1.807, 2.05) is 87.5 Å². The van der Waals surface area contributed by atoms with Crippen molar-refractivity contribution < 1.29 is 9.59 Å². The number of aryl methyl sites for hydroxylation is 1. The van der Waals surface area contributed by atoms with Crippen LogP contribution >= 0.6 is 35.0 Å². The molecule has 1 N–H and O–H groups in total. The summed E-state index contributed by atoms with van der Waals surface area (Å²) < 4.78 is 0. The molecule has 2 atom stereocenters. The Kier molecular flexibility index (Phi) is 11.4. The zero-order valence-corrected chi connectivity index (χ0v) is 23.9. The molecule has 7 heteroatoms. The molecule has 0 saturated heterocycles. The van der Waals surface area contributed by atoms with E-state index in [1.165, 1.54) is 11.8 Å². The molecule has 37 heavy (non-hydrogen) atoms. The van der Waals surface area contributed by atoms with E-state index in [4.69, 9.17) is 23.2 Å². The molecule has 3 aromatic carbocycles. The lowest BCUT2D eigenvalue weighted by Gasteiger charge is -2.32. The number of thioether (sulfide) groups is 1. The van der Waals surface area contributed by atoms with E-state index >= 15 is 0 Å². The molecule has 0 aliphatic heterocycles. The molecule has 196 valence electrons. The minimum Gasteiger partial charge on any atom is -0.352 e. The summed E-state index contributed by atoms with van der Waals surface area (Å²) in [4.78, 5) is 29.0. The second-order valence-corrected chi connectivity index (χ2v) is 11.0. The van der Waals surface area contributed by atoms with Crippen LogP contribution in [0.3, 0.4) is 0 Å².